The van der Waals surface area contributed by atoms with Crippen LogP contribution in [0, 0.1) is 25.7 Å². The summed E-state index contributed by atoms with van der Waals surface area (Å²) in [7, 11) is 0. The molecule has 0 spiro atoms. The Morgan fingerprint density at radius 2 is 2.04 bits per heavy atom. The smallest absolute Gasteiger partial charge is 0.341 e. The van der Waals surface area contributed by atoms with E-state index in [1.807, 2.05) is 0 Å². The lowest BCUT2D eigenvalue weighted by atomic mass is 10.1. The van der Waals surface area contributed by atoms with Gasteiger partial charge in [0.05, 0.1) is 17.9 Å². The number of nitrogen functional groups attached to an aromatic ring is 1. The molecule has 0 aliphatic heterocycles. The normalized spacial score (nSPS) is 10.1. The molecular weight excluding hydrogens is 320 g/mol. The first-order chi connectivity index (χ1) is 11.8. The average molecular weight is 340 g/mol. The first kappa shape index (κ1) is 18.1. The summed E-state index contributed by atoms with van der Waals surface area (Å²) < 4.78 is 6.23. The minimum Gasteiger partial charge on any atom is -0.508 e. The van der Waals surface area contributed by atoms with Crippen LogP contribution in [0.15, 0.2) is 23.0 Å². The van der Waals surface area contributed by atoms with Gasteiger partial charge in [0, 0.05) is 5.56 Å². The van der Waals surface area contributed by atoms with Gasteiger partial charge in [-0.25, -0.2) is 4.79 Å². The van der Waals surface area contributed by atoms with Crippen LogP contribution in [0.1, 0.15) is 40.9 Å². The van der Waals surface area contributed by atoms with Crippen molar-refractivity contribution >= 4 is 11.8 Å². The zero-order valence-corrected chi connectivity index (χ0v) is 14.6. The Labute approximate surface area is 145 Å². The summed E-state index contributed by atoms with van der Waals surface area (Å²) in [4.78, 5) is 25.1. The molecule has 1 aromatic carbocycles. The van der Waals surface area contributed by atoms with E-state index in [0.29, 0.717) is 11.3 Å². The van der Waals surface area contributed by atoms with E-state index in [-0.39, 0.29) is 29.3 Å². The van der Waals surface area contributed by atoms with Gasteiger partial charge in [0.25, 0.3) is 5.56 Å². The fourth-order valence-electron chi connectivity index (χ4n) is 2.62. The number of aromatic nitrogens is 1. The minimum atomic E-state index is -0.636. The molecule has 2 aromatic rings. The molecule has 0 amide bonds. The molecule has 130 valence electrons. The summed E-state index contributed by atoms with van der Waals surface area (Å²) in [5, 5.41) is 10.0. The Morgan fingerprint density at radius 1 is 1.36 bits per heavy atom. The number of hydrogen-bond donors (Lipinski definition) is 2. The van der Waals surface area contributed by atoms with E-state index in [4.69, 9.17) is 10.5 Å². The van der Waals surface area contributed by atoms with Crippen LogP contribution in [0.25, 0.3) is 5.69 Å². The number of nitrogens with zero attached hydrogens (tertiary/aromatic N) is 1. The topological polar surface area (TPSA) is 94.6 Å². The summed E-state index contributed by atoms with van der Waals surface area (Å²) in [5.41, 5.74) is 7.48. The quantitative estimate of drug-likeness (QED) is 0.660. The van der Waals surface area contributed by atoms with E-state index < -0.39 is 11.5 Å². The number of phenolic OH excluding ortho intramolecular Hbond substituents is 1. The molecule has 1 heterocycles. The van der Waals surface area contributed by atoms with E-state index >= 15 is 0 Å². The maximum Gasteiger partial charge on any atom is 0.341 e. The maximum atomic E-state index is 12.9. The third-order valence-electron chi connectivity index (χ3n) is 3.82. The largest absolute Gasteiger partial charge is 0.508 e. The monoisotopic (exact) mass is 340 g/mol. The molecule has 0 bridgehead atoms. The van der Waals surface area contributed by atoms with Crippen LogP contribution in [0.5, 0.6) is 5.75 Å². The second kappa shape index (κ2) is 7.14. The molecule has 2 rings (SSSR count). The van der Waals surface area contributed by atoms with Gasteiger partial charge in [-0.2, -0.15) is 0 Å². The Morgan fingerprint density at radius 3 is 2.64 bits per heavy atom. The van der Waals surface area contributed by atoms with Crippen molar-refractivity contribution in [3.63, 3.8) is 0 Å². The summed E-state index contributed by atoms with van der Waals surface area (Å²) in [5.74, 6) is 4.69. The third kappa shape index (κ3) is 3.22. The third-order valence-corrected chi connectivity index (χ3v) is 3.82. The van der Waals surface area contributed by atoms with Gasteiger partial charge >= 0.3 is 5.97 Å². The van der Waals surface area contributed by atoms with Gasteiger partial charge < -0.3 is 15.6 Å². The van der Waals surface area contributed by atoms with Crippen molar-refractivity contribution in [2.75, 3.05) is 12.3 Å². The van der Waals surface area contributed by atoms with Crippen molar-refractivity contribution in [3.05, 3.63) is 50.8 Å². The van der Waals surface area contributed by atoms with Gasteiger partial charge in [-0.05, 0) is 45.4 Å². The Kier molecular flexibility index (Phi) is 5.18. The highest BCUT2D eigenvalue weighted by Crippen LogP contribution is 2.28. The lowest BCUT2D eigenvalue weighted by molar-refractivity contribution is 0.0527. The number of ether oxygens (including phenoxy) is 1. The summed E-state index contributed by atoms with van der Waals surface area (Å²) in [6, 6.07) is 4.55. The molecule has 25 heavy (non-hydrogen) atoms. The predicted octanol–water partition coefficient (Wildman–Crippen LogP) is 2.29. The van der Waals surface area contributed by atoms with Crippen molar-refractivity contribution in [1.82, 2.24) is 4.57 Å². The fraction of sp³-hybridized carbons (Fsp3) is 0.263. The van der Waals surface area contributed by atoms with Crippen molar-refractivity contribution in [2.45, 2.75) is 27.7 Å². The van der Waals surface area contributed by atoms with Crippen LogP contribution < -0.4 is 11.3 Å². The van der Waals surface area contributed by atoms with Gasteiger partial charge in [0.2, 0.25) is 0 Å². The number of carbonyl (C=O) groups excluding carboxylic acids is 1. The highest BCUT2D eigenvalue weighted by Gasteiger charge is 2.21. The van der Waals surface area contributed by atoms with Gasteiger partial charge in [-0.15, -0.1) is 5.92 Å². The molecule has 0 saturated heterocycles. The highest BCUT2D eigenvalue weighted by molar-refractivity contribution is 5.95. The summed E-state index contributed by atoms with van der Waals surface area (Å²) in [6.07, 6.45) is 0. The molecule has 6 nitrogen and oxygen atoms in total. The molecule has 0 unspecified atom stereocenters. The standard InChI is InChI=1S/C19H20N2O4/c1-5-7-13-10-14(19(24)25-6-2)17(20)21(18(13)23)16-11(3)8-9-15(22)12(16)4/h8-10,22H,6,20H2,1-4H3. The second-order valence-corrected chi connectivity index (χ2v) is 5.47. The molecule has 0 aliphatic carbocycles. The SMILES string of the molecule is CC#Cc1cc(C(=O)OCC)c(N)n(-c2c(C)ccc(O)c2C)c1=O. The Hall–Kier alpha value is -3.20. The lowest BCUT2D eigenvalue weighted by Crippen LogP contribution is -2.28. The van der Waals surface area contributed by atoms with Gasteiger partial charge in [0.1, 0.15) is 17.1 Å². The number of esters is 1. The number of anilines is 1. The molecule has 1 aromatic heterocycles. The van der Waals surface area contributed by atoms with Crippen LogP contribution in [-0.4, -0.2) is 22.2 Å². The van der Waals surface area contributed by atoms with Crippen LogP contribution in [0.4, 0.5) is 5.82 Å². The van der Waals surface area contributed by atoms with Gasteiger partial charge in [-0.1, -0.05) is 12.0 Å². The van der Waals surface area contributed by atoms with Crippen molar-refractivity contribution in [2.24, 2.45) is 0 Å². The van der Waals surface area contributed by atoms with E-state index in [9.17, 15) is 14.7 Å². The Bertz CT molecular complexity index is 962. The van der Waals surface area contributed by atoms with E-state index in [2.05, 4.69) is 11.8 Å². The number of benzene rings is 1. The molecule has 0 atom stereocenters. The van der Waals surface area contributed by atoms with Crippen molar-refractivity contribution in [1.29, 1.82) is 0 Å². The molecule has 6 heteroatoms. The highest BCUT2D eigenvalue weighted by atomic mass is 16.5. The minimum absolute atomic E-state index is 0.0246. The zero-order valence-electron chi connectivity index (χ0n) is 14.6. The number of pyridine rings is 1. The first-order valence-electron chi connectivity index (χ1n) is 7.78. The molecule has 0 aliphatic rings. The number of rotatable bonds is 3. The second-order valence-electron chi connectivity index (χ2n) is 5.47. The predicted molar refractivity (Wildman–Crippen MR) is 96.1 cm³/mol. The average Bonchev–Trinajstić information content (AvgIpc) is 2.57. The van der Waals surface area contributed by atoms with E-state index in [1.165, 1.54) is 16.7 Å². The number of carbonyl (C=O) groups is 1. The van der Waals surface area contributed by atoms with Gasteiger partial charge in [0.15, 0.2) is 0 Å². The molecular formula is C19H20N2O4. The fourth-order valence-corrected chi connectivity index (χ4v) is 2.62. The van der Waals surface area contributed by atoms with Crippen LogP contribution in [-0.2, 0) is 4.74 Å². The summed E-state index contributed by atoms with van der Waals surface area (Å²) >= 11 is 0. The van der Waals surface area contributed by atoms with Crippen LogP contribution in [0.3, 0.4) is 0 Å². The van der Waals surface area contributed by atoms with Crippen LogP contribution in [0.2, 0.25) is 0 Å². The number of phenols is 1. The van der Waals surface area contributed by atoms with Crippen molar-refractivity contribution in [3.8, 4) is 23.3 Å². The number of hydrogen-bond acceptors (Lipinski definition) is 5. The molecule has 0 fully saturated rings. The first-order valence-corrected chi connectivity index (χ1v) is 7.78. The zero-order chi connectivity index (χ0) is 18.7. The molecule has 0 saturated carbocycles. The molecule has 0 radical (unpaired) electrons. The van der Waals surface area contributed by atoms with Crippen LogP contribution >= 0.6 is 0 Å². The lowest BCUT2D eigenvalue weighted by Gasteiger charge is -2.18. The number of nitrogens with two attached hydrogens (primary N) is 1. The number of aryl methyl sites for hydroxylation is 1. The number of aromatic hydroxyl groups is 1. The van der Waals surface area contributed by atoms with E-state index in [1.54, 1.807) is 33.8 Å². The van der Waals surface area contributed by atoms with Gasteiger partial charge in [-0.3, -0.25) is 9.36 Å². The molecule has 3 N–H and O–H groups in total. The Balaban J connectivity index is 2.95. The van der Waals surface area contributed by atoms with E-state index in [0.717, 1.165) is 5.56 Å². The maximum absolute atomic E-state index is 12.9. The van der Waals surface area contributed by atoms with Crippen molar-refractivity contribution < 1.29 is 14.6 Å². The summed E-state index contributed by atoms with van der Waals surface area (Å²) in [6.45, 7) is 6.91.